The Kier molecular flexibility index (Phi) is 4.39. The summed E-state index contributed by atoms with van der Waals surface area (Å²) in [5.41, 5.74) is 2.65. The molecule has 0 bridgehead atoms. The molecule has 1 aromatic carbocycles. The smallest absolute Gasteiger partial charge is 0.323 e. The molecule has 5 heteroatoms. The fraction of sp³-hybridized carbons (Fsp3) is 0.500. The first-order chi connectivity index (χ1) is 9.10. The molecule has 0 saturated carbocycles. The van der Waals surface area contributed by atoms with Crippen LogP contribution in [0.25, 0.3) is 11.0 Å². The molecule has 3 N–H and O–H groups in total. The molecule has 0 aliphatic carbocycles. The normalized spacial score (nSPS) is 14.7. The van der Waals surface area contributed by atoms with Gasteiger partial charge in [-0.05, 0) is 38.5 Å². The fourth-order valence-electron chi connectivity index (χ4n) is 2.12. The quantitative estimate of drug-likeness (QED) is 0.746. The Morgan fingerprint density at radius 2 is 2.00 bits per heavy atom. The van der Waals surface area contributed by atoms with Crippen LogP contribution in [-0.2, 0) is 4.74 Å². The zero-order chi connectivity index (χ0) is 13.8. The minimum atomic E-state index is -0.169. The molecule has 2 atom stereocenters. The second-order valence-electron chi connectivity index (χ2n) is 4.78. The van der Waals surface area contributed by atoms with Crippen LogP contribution in [0.4, 0.5) is 0 Å². The lowest BCUT2D eigenvalue weighted by Gasteiger charge is -2.18. The highest BCUT2D eigenvalue weighted by molar-refractivity contribution is 5.75. The number of nitrogens with one attached hydrogen (secondary N) is 3. The maximum Gasteiger partial charge on any atom is 0.323 e. The van der Waals surface area contributed by atoms with E-state index in [1.807, 2.05) is 25.1 Å². The zero-order valence-electron chi connectivity index (χ0n) is 11.6. The summed E-state index contributed by atoms with van der Waals surface area (Å²) in [5.74, 6) is 0. The van der Waals surface area contributed by atoms with Gasteiger partial charge in [-0.25, -0.2) is 4.79 Å². The van der Waals surface area contributed by atoms with E-state index in [0.29, 0.717) is 0 Å². The molecule has 0 aliphatic heterocycles. The molecule has 5 nitrogen and oxygen atoms in total. The number of aromatic amines is 2. The van der Waals surface area contributed by atoms with Gasteiger partial charge in [0.15, 0.2) is 0 Å². The molecule has 1 heterocycles. The number of fused-ring (bicyclic) bond motifs is 1. The van der Waals surface area contributed by atoms with Crippen LogP contribution in [0.2, 0.25) is 0 Å². The van der Waals surface area contributed by atoms with Crippen molar-refractivity contribution in [2.24, 2.45) is 0 Å². The molecule has 19 heavy (non-hydrogen) atoms. The Hall–Kier alpha value is -1.59. The molecule has 0 fully saturated rings. The van der Waals surface area contributed by atoms with E-state index in [9.17, 15) is 4.79 Å². The number of ether oxygens (including phenoxy) is 1. The summed E-state index contributed by atoms with van der Waals surface area (Å²) >= 11 is 0. The van der Waals surface area contributed by atoms with Crippen LogP contribution in [0.1, 0.15) is 32.4 Å². The second-order valence-corrected chi connectivity index (χ2v) is 4.78. The number of imidazole rings is 1. The topological polar surface area (TPSA) is 69.9 Å². The summed E-state index contributed by atoms with van der Waals surface area (Å²) in [6, 6.07) is 6.16. The van der Waals surface area contributed by atoms with Gasteiger partial charge in [-0.3, -0.25) is 0 Å². The number of aromatic nitrogens is 2. The zero-order valence-corrected chi connectivity index (χ0v) is 11.6. The third-order valence-electron chi connectivity index (χ3n) is 3.20. The minimum Gasteiger partial charge on any atom is -0.377 e. The molecule has 2 aromatic rings. The van der Waals surface area contributed by atoms with Crippen LogP contribution < -0.4 is 11.0 Å². The molecule has 2 unspecified atom stereocenters. The minimum absolute atomic E-state index is 0.169. The van der Waals surface area contributed by atoms with Crippen LogP contribution in [0.3, 0.4) is 0 Å². The van der Waals surface area contributed by atoms with Crippen molar-refractivity contribution in [2.45, 2.75) is 32.9 Å². The summed E-state index contributed by atoms with van der Waals surface area (Å²) < 4.78 is 5.49. The van der Waals surface area contributed by atoms with Crippen molar-refractivity contribution in [2.75, 3.05) is 13.2 Å². The van der Waals surface area contributed by atoms with Gasteiger partial charge in [-0.1, -0.05) is 6.07 Å². The van der Waals surface area contributed by atoms with E-state index in [4.69, 9.17) is 4.74 Å². The van der Waals surface area contributed by atoms with Gasteiger partial charge < -0.3 is 20.0 Å². The van der Waals surface area contributed by atoms with Gasteiger partial charge >= 0.3 is 5.69 Å². The van der Waals surface area contributed by atoms with Gasteiger partial charge in [0, 0.05) is 19.2 Å². The lowest BCUT2D eigenvalue weighted by Crippen LogP contribution is -2.29. The van der Waals surface area contributed by atoms with E-state index >= 15 is 0 Å². The number of rotatable bonds is 6. The van der Waals surface area contributed by atoms with Crippen LogP contribution >= 0.6 is 0 Å². The van der Waals surface area contributed by atoms with E-state index in [1.165, 1.54) is 0 Å². The maximum absolute atomic E-state index is 11.2. The number of hydrogen-bond donors (Lipinski definition) is 3. The summed E-state index contributed by atoms with van der Waals surface area (Å²) in [6.45, 7) is 7.68. The van der Waals surface area contributed by atoms with Crippen molar-refractivity contribution in [1.82, 2.24) is 15.3 Å². The number of benzene rings is 1. The Labute approximate surface area is 112 Å². The van der Waals surface area contributed by atoms with Crippen LogP contribution in [0.5, 0.6) is 0 Å². The van der Waals surface area contributed by atoms with Crippen molar-refractivity contribution >= 4 is 11.0 Å². The average Bonchev–Trinajstić information content (AvgIpc) is 2.75. The molecule has 2 rings (SSSR count). The van der Waals surface area contributed by atoms with Gasteiger partial charge in [0.05, 0.1) is 17.1 Å². The molecular weight excluding hydrogens is 242 g/mol. The lowest BCUT2D eigenvalue weighted by molar-refractivity contribution is 0.0743. The lowest BCUT2D eigenvalue weighted by atomic mass is 10.1. The van der Waals surface area contributed by atoms with Crippen molar-refractivity contribution in [3.8, 4) is 0 Å². The van der Waals surface area contributed by atoms with Crippen LogP contribution in [-0.4, -0.2) is 29.2 Å². The average molecular weight is 263 g/mol. The number of hydrogen-bond acceptors (Lipinski definition) is 3. The van der Waals surface area contributed by atoms with Crippen molar-refractivity contribution in [1.29, 1.82) is 0 Å². The van der Waals surface area contributed by atoms with E-state index in [-0.39, 0.29) is 17.8 Å². The van der Waals surface area contributed by atoms with Gasteiger partial charge in [0.1, 0.15) is 0 Å². The highest BCUT2D eigenvalue weighted by Gasteiger charge is 2.09. The SMILES string of the molecule is CCOC(C)CNC(C)c1ccc2[nH]c(=O)[nH]c2c1. The van der Waals surface area contributed by atoms with E-state index in [0.717, 1.165) is 29.7 Å². The van der Waals surface area contributed by atoms with Gasteiger partial charge in [-0.2, -0.15) is 0 Å². The van der Waals surface area contributed by atoms with E-state index < -0.39 is 0 Å². The highest BCUT2D eigenvalue weighted by Crippen LogP contribution is 2.16. The predicted molar refractivity (Wildman–Crippen MR) is 76.4 cm³/mol. The third-order valence-corrected chi connectivity index (χ3v) is 3.20. The van der Waals surface area contributed by atoms with Crippen molar-refractivity contribution in [3.63, 3.8) is 0 Å². The van der Waals surface area contributed by atoms with Crippen molar-refractivity contribution in [3.05, 3.63) is 34.2 Å². The Morgan fingerprint density at radius 1 is 1.26 bits per heavy atom. The van der Waals surface area contributed by atoms with Crippen molar-refractivity contribution < 1.29 is 4.74 Å². The molecule has 1 aromatic heterocycles. The van der Waals surface area contributed by atoms with Gasteiger partial charge in [-0.15, -0.1) is 0 Å². The predicted octanol–water partition coefficient (Wildman–Crippen LogP) is 1.93. The van der Waals surface area contributed by atoms with Crippen LogP contribution in [0, 0.1) is 0 Å². The Morgan fingerprint density at radius 3 is 2.74 bits per heavy atom. The fourth-order valence-corrected chi connectivity index (χ4v) is 2.12. The van der Waals surface area contributed by atoms with E-state index in [2.05, 4.69) is 29.1 Å². The summed E-state index contributed by atoms with van der Waals surface area (Å²) in [6.07, 6.45) is 0.197. The molecular formula is C14H21N3O2. The molecule has 0 saturated heterocycles. The second kappa shape index (κ2) is 6.04. The molecule has 0 amide bonds. The van der Waals surface area contributed by atoms with E-state index in [1.54, 1.807) is 0 Å². The molecule has 0 aliphatic rings. The first-order valence-corrected chi connectivity index (χ1v) is 6.67. The standard InChI is InChI=1S/C14H21N3O2/c1-4-19-9(2)8-15-10(3)11-5-6-12-13(7-11)17-14(18)16-12/h5-7,9-10,15H,4,8H2,1-3H3,(H2,16,17,18). The summed E-state index contributed by atoms with van der Waals surface area (Å²) in [7, 11) is 0. The van der Waals surface area contributed by atoms with Crippen LogP contribution in [0.15, 0.2) is 23.0 Å². The molecule has 0 spiro atoms. The van der Waals surface area contributed by atoms with Gasteiger partial charge in [0.2, 0.25) is 0 Å². The maximum atomic E-state index is 11.2. The largest absolute Gasteiger partial charge is 0.377 e. The van der Waals surface area contributed by atoms with Gasteiger partial charge in [0.25, 0.3) is 0 Å². The summed E-state index contributed by atoms with van der Waals surface area (Å²) in [4.78, 5) is 16.7. The summed E-state index contributed by atoms with van der Waals surface area (Å²) in [5, 5.41) is 3.43. The first kappa shape index (κ1) is 13.8. The number of H-pyrrole nitrogens is 2. The third kappa shape index (κ3) is 3.45. The molecule has 104 valence electrons. The monoisotopic (exact) mass is 263 g/mol. The Balaban J connectivity index is 2.04. The first-order valence-electron chi connectivity index (χ1n) is 6.67. The molecule has 0 radical (unpaired) electrons. The Bertz CT molecular complexity index is 588. The highest BCUT2D eigenvalue weighted by atomic mass is 16.5.